The highest BCUT2D eigenvalue weighted by atomic mass is 16.4. The molecule has 0 saturated carbocycles. The lowest BCUT2D eigenvalue weighted by Gasteiger charge is -2.01. The zero-order chi connectivity index (χ0) is 14.9. The van der Waals surface area contributed by atoms with Crippen LogP contribution in [0.2, 0.25) is 0 Å². The minimum absolute atomic E-state index is 0.221. The fourth-order valence-corrected chi connectivity index (χ4v) is 2.43. The third-order valence-electron chi connectivity index (χ3n) is 3.53. The van der Waals surface area contributed by atoms with Crippen LogP contribution in [0.25, 0.3) is 33.7 Å². The number of oxazole rings is 1. The van der Waals surface area contributed by atoms with E-state index >= 15 is 0 Å². The molecule has 0 bridgehead atoms. The summed E-state index contributed by atoms with van der Waals surface area (Å²) in [5.74, 6) is 1.35. The highest BCUT2D eigenvalue weighted by molar-refractivity contribution is 5.92. The van der Waals surface area contributed by atoms with E-state index in [2.05, 4.69) is 9.97 Å². The molecular formula is C18H12N2O2. The van der Waals surface area contributed by atoms with Crippen molar-refractivity contribution in [1.82, 2.24) is 9.97 Å². The molecule has 0 unspecified atom stereocenters. The van der Waals surface area contributed by atoms with E-state index in [0.29, 0.717) is 11.7 Å². The van der Waals surface area contributed by atoms with Crippen molar-refractivity contribution in [1.29, 1.82) is 0 Å². The Morgan fingerprint density at radius 3 is 2.55 bits per heavy atom. The van der Waals surface area contributed by atoms with Crippen LogP contribution < -0.4 is 0 Å². The Morgan fingerprint density at radius 1 is 0.864 bits per heavy atom. The highest BCUT2D eigenvalue weighted by Gasteiger charge is 2.12. The topological polar surface area (TPSA) is 59.2 Å². The molecule has 2 aromatic carbocycles. The number of aromatic hydroxyl groups is 1. The van der Waals surface area contributed by atoms with Crippen molar-refractivity contribution >= 4 is 10.8 Å². The van der Waals surface area contributed by atoms with Crippen LogP contribution in [-0.4, -0.2) is 15.1 Å². The Morgan fingerprint density at radius 2 is 1.68 bits per heavy atom. The van der Waals surface area contributed by atoms with E-state index in [0.717, 1.165) is 22.0 Å². The molecule has 106 valence electrons. The summed E-state index contributed by atoms with van der Waals surface area (Å²) < 4.78 is 5.85. The van der Waals surface area contributed by atoms with E-state index in [1.54, 1.807) is 36.7 Å². The van der Waals surface area contributed by atoms with E-state index < -0.39 is 0 Å². The third kappa shape index (κ3) is 2.11. The Labute approximate surface area is 126 Å². The number of pyridine rings is 1. The fourth-order valence-electron chi connectivity index (χ4n) is 2.43. The van der Waals surface area contributed by atoms with Crippen molar-refractivity contribution < 1.29 is 9.52 Å². The lowest BCUT2D eigenvalue weighted by atomic mass is 10.1. The molecule has 0 saturated heterocycles. The molecule has 0 aliphatic rings. The molecule has 0 aliphatic heterocycles. The van der Waals surface area contributed by atoms with Crippen LogP contribution in [0.1, 0.15) is 0 Å². The predicted octanol–water partition coefficient (Wildman–Crippen LogP) is 4.26. The van der Waals surface area contributed by atoms with Gasteiger partial charge in [-0.2, -0.15) is 0 Å². The Balaban J connectivity index is 1.82. The molecule has 0 atom stereocenters. The Bertz CT molecular complexity index is 937. The summed E-state index contributed by atoms with van der Waals surface area (Å²) in [5, 5.41) is 11.4. The van der Waals surface area contributed by atoms with Gasteiger partial charge in [0.1, 0.15) is 11.4 Å². The van der Waals surface area contributed by atoms with Gasteiger partial charge in [-0.1, -0.05) is 24.3 Å². The molecule has 0 amide bonds. The smallest absolute Gasteiger partial charge is 0.246 e. The summed E-state index contributed by atoms with van der Waals surface area (Å²) in [4.78, 5) is 8.75. The number of hydrogen-bond donors (Lipinski definition) is 1. The van der Waals surface area contributed by atoms with Crippen molar-refractivity contribution in [3.05, 3.63) is 67.0 Å². The summed E-state index contributed by atoms with van der Waals surface area (Å²) in [6, 6.07) is 16.8. The van der Waals surface area contributed by atoms with Gasteiger partial charge in [0.25, 0.3) is 0 Å². The fraction of sp³-hybridized carbons (Fsp3) is 0. The number of phenols is 1. The first kappa shape index (κ1) is 12.6. The van der Waals surface area contributed by atoms with Crippen molar-refractivity contribution in [3.8, 4) is 28.7 Å². The molecule has 0 radical (unpaired) electrons. The maximum atomic E-state index is 9.35. The number of fused-ring (bicyclic) bond motifs is 1. The largest absolute Gasteiger partial charge is 0.508 e. The van der Waals surface area contributed by atoms with Crippen LogP contribution in [0.5, 0.6) is 5.75 Å². The SMILES string of the molecule is Oc1ccc(-c2cnc(-c3nccc4ccccc34)o2)cc1. The molecule has 4 rings (SSSR count). The van der Waals surface area contributed by atoms with Gasteiger partial charge in [0, 0.05) is 17.1 Å². The van der Waals surface area contributed by atoms with Crippen molar-refractivity contribution in [2.75, 3.05) is 0 Å². The number of aromatic nitrogens is 2. The predicted molar refractivity (Wildman–Crippen MR) is 84.3 cm³/mol. The van der Waals surface area contributed by atoms with Gasteiger partial charge in [0.2, 0.25) is 5.89 Å². The number of rotatable bonds is 2. The van der Waals surface area contributed by atoms with Gasteiger partial charge in [-0.05, 0) is 35.7 Å². The molecule has 2 heterocycles. The third-order valence-corrected chi connectivity index (χ3v) is 3.53. The molecule has 4 heteroatoms. The molecule has 0 aliphatic carbocycles. The molecule has 4 nitrogen and oxygen atoms in total. The number of hydrogen-bond acceptors (Lipinski definition) is 4. The molecule has 0 spiro atoms. The van der Waals surface area contributed by atoms with Crippen molar-refractivity contribution in [3.63, 3.8) is 0 Å². The average Bonchev–Trinajstić information content (AvgIpc) is 3.05. The van der Waals surface area contributed by atoms with E-state index in [9.17, 15) is 5.11 Å². The molecule has 4 aromatic rings. The van der Waals surface area contributed by atoms with Crippen LogP contribution in [0.4, 0.5) is 0 Å². The lowest BCUT2D eigenvalue weighted by Crippen LogP contribution is -1.85. The normalized spacial score (nSPS) is 10.9. The van der Waals surface area contributed by atoms with Gasteiger partial charge in [0.05, 0.1) is 6.20 Å². The highest BCUT2D eigenvalue weighted by Crippen LogP contribution is 2.29. The van der Waals surface area contributed by atoms with Crippen LogP contribution >= 0.6 is 0 Å². The van der Waals surface area contributed by atoms with Gasteiger partial charge in [-0.15, -0.1) is 0 Å². The van der Waals surface area contributed by atoms with Gasteiger partial charge in [0.15, 0.2) is 5.76 Å². The zero-order valence-corrected chi connectivity index (χ0v) is 11.6. The van der Waals surface area contributed by atoms with Gasteiger partial charge in [-0.25, -0.2) is 4.98 Å². The monoisotopic (exact) mass is 288 g/mol. The first-order valence-corrected chi connectivity index (χ1v) is 6.90. The second-order valence-corrected chi connectivity index (χ2v) is 4.96. The van der Waals surface area contributed by atoms with E-state index in [4.69, 9.17) is 4.42 Å². The van der Waals surface area contributed by atoms with Crippen LogP contribution in [0, 0.1) is 0 Å². The summed E-state index contributed by atoms with van der Waals surface area (Å²) in [6.45, 7) is 0. The number of benzene rings is 2. The lowest BCUT2D eigenvalue weighted by molar-refractivity contribution is 0.475. The number of phenolic OH excluding ortho intramolecular Hbond substituents is 1. The second-order valence-electron chi connectivity index (χ2n) is 4.96. The minimum Gasteiger partial charge on any atom is -0.508 e. The molecule has 22 heavy (non-hydrogen) atoms. The number of nitrogens with zero attached hydrogens (tertiary/aromatic N) is 2. The zero-order valence-electron chi connectivity index (χ0n) is 11.6. The first-order valence-electron chi connectivity index (χ1n) is 6.90. The first-order chi connectivity index (χ1) is 10.8. The van der Waals surface area contributed by atoms with Crippen molar-refractivity contribution in [2.45, 2.75) is 0 Å². The molecular weight excluding hydrogens is 276 g/mol. The van der Waals surface area contributed by atoms with Gasteiger partial charge < -0.3 is 9.52 Å². The van der Waals surface area contributed by atoms with Crippen molar-refractivity contribution in [2.24, 2.45) is 0 Å². The average molecular weight is 288 g/mol. The van der Waals surface area contributed by atoms with Crippen LogP contribution in [0.3, 0.4) is 0 Å². The maximum absolute atomic E-state index is 9.35. The standard InChI is InChI=1S/C18H12N2O2/c21-14-7-5-13(6-8-14)16-11-20-18(22-16)17-15-4-2-1-3-12(15)9-10-19-17/h1-11,21H. The molecule has 2 aromatic heterocycles. The summed E-state index contributed by atoms with van der Waals surface area (Å²) >= 11 is 0. The summed E-state index contributed by atoms with van der Waals surface area (Å²) in [7, 11) is 0. The minimum atomic E-state index is 0.221. The van der Waals surface area contributed by atoms with Crippen LogP contribution in [-0.2, 0) is 0 Å². The second kappa shape index (κ2) is 5.00. The molecule has 1 N–H and O–H groups in total. The van der Waals surface area contributed by atoms with Gasteiger partial charge in [-0.3, -0.25) is 4.98 Å². The van der Waals surface area contributed by atoms with Crippen LogP contribution in [0.15, 0.2) is 71.4 Å². The Kier molecular flexibility index (Phi) is 2.86. The van der Waals surface area contributed by atoms with E-state index in [1.165, 1.54) is 0 Å². The quantitative estimate of drug-likeness (QED) is 0.598. The van der Waals surface area contributed by atoms with Gasteiger partial charge >= 0.3 is 0 Å². The molecule has 0 fully saturated rings. The summed E-state index contributed by atoms with van der Waals surface area (Å²) in [5.41, 5.74) is 1.58. The van der Waals surface area contributed by atoms with E-state index in [1.807, 2.05) is 30.3 Å². The maximum Gasteiger partial charge on any atom is 0.246 e. The Hall–Kier alpha value is -3.14. The summed E-state index contributed by atoms with van der Waals surface area (Å²) in [6.07, 6.45) is 3.42. The van der Waals surface area contributed by atoms with E-state index in [-0.39, 0.29) is 5.75 Å².